The third kappa shape index (κ3) is 4.83. The van der Waals surface area contributed by atoms with Crippen molar-refractivity contribution in [2.75, 3.05) is 0 Å². The Hall–Kier alpha value is -3.13. The zero-order valence-corrected chi connectivity index (χ0v) is 15.7. The van der Waals surface area contributed by atoms with Gasteiger partial charge < -0.3 is 14.9 Å². The van der Waals surface area contributed by atoms with Crippen LogP contribution < -0.4 is 4.74 Å². The number of halogens is 3. The standard InChI is InChI=1S/C19H13F3O5.C2H6/c20-19(21,22)17-14(18(25)26)8-13-7-12(5-6-15(13)27-17)16(24)11-3-1-10(9-23)2-4-11;1-2/h1-8,17,23H,9H2,(H,25,26);1-2H3. The van der Waals surface area contributed by atoms with Crippen molar-refractivity contribution < 1.29 is 37.7 Å². The zero-order valence-electron chi connectivity index (χ0n) is 15.7. The van der Waals surface area contributed by atoms with E-state index in [-0.39, 0.29) is 23.5 Å². The summed E-state index contributed by atoms with van der Waals surface area (Å²) < 4.78 is 43.9. The van der Waals surface area contributed by atoms with Crippen molar-refractivity contribution in [3.63, 3.8) is 0 Å². The van der Waals surface area contributed by atoms with E-state index in [4.69, 9.17) is 14.9 Å². The van der Waals surface area contributed by atoms with Crippen LogP contribution >= 0.6 is 0 Å². The minimum atomic E-state index is -4.88. The molecule has 2 aromatic rings. The normalized spacial score (nSPS) is 15.2. The average molecular weight is 408 g/mol. The summed E-state index contributed by atoms with van der Waals surface area (Å²) in [4.78, 5) is 23.7. The van der Waals surface area contributed by atoms with Gasteiger partial charge in [-0.15, -0.1) is 0 Å². The lowest BCUT2D eigenvalue weighted by atomic mass is 9.96. The van der Waals surface area contributed by atoms with Crippen LogP contribution in [0.3, 0.4) is 0 Å². The van der Waals surface area contributed by atoms with Crippen LogP contribution in [0.5, 0.6) is 5.75 Å². The zero-order chi connectivity index (χ0) is 21.8. The Bertz CT molecular complexity index is 930. The second kappa shape index (κ2) is 8.91. The third-order valence-electron chi connectivity index (χ3n) is 4.05. The van der Waals surface area contributed by atoms with Gasteiger partial charge in [0.1, 0.15) is 5.75 Å². The number of aliphatic carboxylic acids is 1. The van der Waals surface area contributed by atoms with Crippen LogP contribution in [0, 0.1) is 0 Å². The van der Waals surface area contributed by atoms with Gasteiger partial charge in [-0.3, -0.25) is 4.79 Å². The first-order valence-corrected chi connectivity index (χ1v) is 8.77. The van der Waals surface area contributed by atoms with Gasteiger partial charge in [0.2, 0.25) is 6.10 Å². The number of carbonyl (C=O) groups excluding carboxylic acids is 1. The topological polar surface area (TPSA) is 83.8 Å². The lowest BCUT2D eigenvalue weighted by Crippen LogP contribution is -2.40. The molecule has 0 aliphatic carbocycles. The SMILES string of the molecule is CC.O=C(O)C1=Cc2cc(C(=O)c3ccc(CO)cc3)ccc2OC1C(F)(F)F. The van der Waals surface area contributed by atoms with Gasteiger partial charge in [0.25, 0.3) is 0 Å². The number of carbonyl (C=O) groups is 2. The average Bonchev–Trinajstić information content (AvgIpc) is 2.72. The Morgan fingerprint density at radius 2 is 1.62 bits per heavy atom. The van der Waals surface area contributed by atoms with Crippen molar-refractivity contribution in [2.24, 2.45) is 0 Å². The van der Waals surface area contributed by atoms with Gasteiger partial charge in [-0.25, -0.2) is 4.79 Å². The molecule has 2 aromatic carbocycles. The van der Waals surface area contributed by atoms with Gasteiger partial charge in [-0.05, 0) is 29.8 Å². The predicted molar refractivity (Wildman–Crippen MR) is 99.7 cm³/mol. The molecule has 1 aliphatic rings. The Balaban J connectivity index is 0.00000145. The number of aliphatic hydroxyl groups excluding tert-OH is 1. The third-order valence-corrected chi connectivity index (χ3v) is 4.05. The number of rotatable bonds is 4. The summed E-state index contributed by atoms with van der Waals surface area (Å²) in [7, 11) is 0. The molecule has 8 heteroatoms. The van der Waals surface area contributed by atoms with Gasteiger partial charge >= 0.3 is 12.1 Å². The molecule has 0 amide bonds. The minimum absolute atomic E-state index is 0.0747. The number of hydrogen-bond acceptors (Lipinski definition) is 4. The summed E-state index contributed by atoms with van der Waals surface area (Å²) in [6.45, 7) is 3.83. The first-order valence-electron chi connectivity index (χ1n) is 8.77. The summed E-state index contributed by atoms with van der Waals surface area (Å²) in [6.07, 6.45) is -6.59. The fourth-order valence-corrected chi connectivity index (χ4v) is 2.69. The van der Waals surface area contributed by atoms with Crippen LogP contribution in [0.15, 0.2) is 48.0 Å². The van der Waals surface area contributed by atoms with Gasteiger partial charge in [0.05, 0.1) is 12.2 Å². The molecule has 1 aliphatic heterocycles. The molecule has 2 N–H and O–H groups in total. The van der Waals surface area contributed by atoms with Crippen molar-refractivity contribution in [1.82, 2.24) is 0 Å². The Kier molecular flexibility index (Phi) is 6.81. The molecule has 0 saturated heterocycles. The van der Waals surface area contributed by atoms with E-state index < -0.39 is 29.6 Å². The molecule has 154 valence electrons. The molecule has 1 heterocycles. The van der Waals surface area contributed by atoms with Crippen LogP contribution in [0.4, 0.5) is 13.2 Å². The molecule has 1 unspecified atom stereocenters. The maximum absolute atomic E-state index is 13.0. The molecule has 1 atom stereocenters. The van der Waals surface area contributed by atoms with Crippen molar-refractivity contribution >= 4 is 17.8 Å². The van der Waals surface area contributed by atoms with E-state index in [1.165, 1.54) is 30.3 Å². The van der Waals surface area contributed by atoms with Crippen LogP contribution in [0.1, 0.15) is 40.9 Å². The lowest BCUT2D eigenvalue weighted by Gasteiger charge is -2.27. The van der Waals surface area contributed by atoms with Crippen LogP contribution in [0.25, 0.3) is 6.08 Å². The fraction of sp³-hybridized carbons (Fsp3) is 0.238. The fourth-order valence-electron chi connectivity index (χ4n) is 2.69. The number of fused-ring (bicyclic) bond motifs is 1. The van der Waals surface area contributed by atoms with Crippen LogP contribution in [-0.4, -0.2) is 34.2 Å². The van der Waals surface area contributed by atoms with E-state index in [9.17, 15) is 22.8 Å². The number of aliphatic hydroxyl groups is 1. The second-order valence-electron chi connectivity index (χ2n) is 5.88. The van der Waals surface area contributed by atoms with Crippen molar-refractivity contribution in [2.45, 2.75) is 32.7 Å². The second-order valence-corrected chi connectivity index (χ2v) is 5.88. The van der Waals surface area contributed by atoms with Gasteiger partial charge in [-0.2, -0.15) is 13.2 Å². The highest BCUT2D eigenvalue weighted by Gasteiger charge is 2.48. The van der Waals surface area contributed by atoms with E-state index in [0.717, 1.165) is 6.08 Å². The number of carboxylic acid groups (broad SMARTS) is 1. The molecule has 0 bridgehead atoms. The number of carboxylic acids is 1. The van der Waals surface area contributed by atoms with Crippen molar-refractivity contribution in [3.05, 3.63) is 70.3 Å². The lowest BCUT2D eigenvalue weighted by molar-refractivity contribution is -0.187. The molecule has 0 spiro atoms. The molecule has 3 rings (SSSR count). The first-order chi connectivity index (χ1) is 13.7. The van der Waals surface area contributed by atoms with Crippen molar-refractivity contribution in [3.8, 4) is 5.75 Å². The summed E-state index contributed by atoms with van der Waals surface area (Å²) in [5, 5.41) is 18.1. The van der Waals surface area contributed by atoms with E-state index in [1.807, 2.05) is 13.8 Å². The predicted octanol–water partition coefficient (Wildman–Crippen LogP) is 4.23. The Labute approximate surface area is 165 Å². The summed E-state index contributed by atoms with van der Waals surface area (Å²) in [5.41, 5.74) is 0.232. The summed E-state index contributed by atoms with van der Waals surface area (Å²) >= 11 is 0. The van der Waals surface area contributed by atoms with Gasteiger partial charge in [-0.1, -0.05) is 38.1 Å². The quantitative estimate of drug-likeness (QED) is 0.740. The monoisotopic (exact) mass is 408 g/mol. The summed E-state index contributed by atoms with van der Waals surface area (Å²) in [6, 6.07) is 9.99. The number of benzene rings is 2. The van der Waals surface area contributed by atoms with E-state index >= 15 is 0 Å². The molecule has 29 heavy (non-hydrogen) atoms. The maximum Gasteiger partial charge on any atom is 0.430 e. The highest BCUT2D eigenvalue weighted by molar-refractivity contribution is 6.09. The van der Waals surface area contributed by atoms with E-state index in [2.05, 4.69) is 0 Å². The number of ketones is 1. The van der Waals surface area contributed by atoms with E-state index in [0.29, 0.717) is 11.1 Å². The largest absolute Gasteiger partial charge is 0.478 e. The maximum atomic E-state index is 13.0. The van der Waals surface area contributed by atoms with Crippen LogP contribution in [-0.2, 0) is 11.4 Å². The smallest absolute Gasteiger partial charge is 0.430 e. The number of ether oxygens (including phenoxy) is 1. The molecule has 0 aromatic heterocycles. The molecular weight excluding hydrogens is 389 g/mol. The number of alkyl halides is 3. The Morgan fingerprint density at radius 3 is 2.14 bits per heavy atom. The minimum Gasteiger partial charge on any atom is -0.478 e. The van der Waals surface area contributed by atoms with Crippen molar-refractivity contribution in [1.29, 1.82) is 0 Å². The number of hydrogen-bond donors (Lipinski definition) is 2. The summed E-state index contributed by atoms with van der Waals surface area (Å²) in [5.74, 6) is -2.31. The molecule has 0 fully saturated rings. The van der Waals surface area contributed by atoms with Gasteiger partial charge in [0, 0.05) is 16.7 Å². The molecule has 5 nitrogen and oxygen atoms in total. The molecule has 0 radical (unpaired) electrons. The molecule has 0 saturated carbocycles. The Morgan fingerprint density at radius 1 is 1.03 bits per heavy atom. The van der Waals surface area contributed by atoms with E-state index in [1.54, 1.807) is 12.1 Å². The van der Waals surface area contributed by atoms with Crippen LogP contribution in [0.2, 0.25) is 0 Å². The highest BCUT2D eigenvalue weighted by Crippen LogP contribution is 2.37. The first kappa shape index (κ1) is 22.2. The highest BCUT2D eigenvalue weighted by atomic mass is 19.4. The molecular formula is C21H19F3O5. The van der Waals surface area contributed by atoms with Gasteiger partial charge in [0.15, 0.2) is 5.78 Å².